The van der Waals surface area contributed by atoms with E-state index in [0.717, 1.165) is 15.6 Å². The van der Waals surface area contributed by atoms with Crippen LogP contribution in [0.2, 0.25) is 10.0 Å². The van der Waals surface area contributed by atoms with E-state index >= 15 is 0 Å². The maximum Gasteiger partial charge on any atom is 0.0553 e. The molecular weight excluding hydrogens is 375 g/mol. The van der Waals surface area contributed by atoms with Crippen molar-refractivity contribution < 1.29 is 10.2 Å². The number of rotatable bonds is 5. The first-order chi connectivity index (χ1) is 10.0. The van der Waals surface area contributed by atoms with Gasteiger partial charge in [0.25, 0.3) is 0 Å². The summed E-state index contributed by atoms with van der Waals surface area (Å²) < 4.78 is 0.890. The molecule has 2 rings (SSSR count). The Hall–Kier alpha value is -0.580. The largest absolute Gasteiger partial charge is 0.395 e. The first kappa shape index (κ1) is 16.8. The van der Waals surface area contributed by atoms with E-state index in [1.807, 2.05) is 24.3 Å². The van der Waals surface area contributed by atoms with Gasteiger partial charge in [-0.05, 0) is 41.8 Å². The molecule has 0 heterocycles. The lowest BCUT2D eigenvalue weighted by Crippen LogP contribution is -2.37. The summed E-state index contributed by atoms with van der Waals surface area (Å²) in [4.78, 5) is 0. The topological polar surface area (TPSA) is 40.5 Å². The molecule has 0 saturated heterocycles. The Kier molecular flexibility index (Phi) is 5.69. The molecule has 0 spiro atoms. The van der Waals surface area contributed by atoms with Crippen molar-refractivity contribution in [3.63, 3.8) is 0 Å². The Morgan fingerprint density at radius 2 is 1.57 bits per heavy atom. The van der Waals surface area contributed by atoms with Gasteiger partial charge in [-0.1, -0.05) is 57.3 Å². The third kappa shape index (κ3) is 3.79. The molecule has 0 aromatic heterocycles. The average Bonchev–Trinajstić information content (AvgIpc) is 2.48. The second-order valence-electron chi connectivity index (χ2n) is 5.02. The molecule has 0 bridgehead atoms. The lowest BCUT2D eigenvalue weighted by atomic mass is 9.77. The molecule has 112 valence electrons. The SMILES string of the molecule is OCC(CO)(Cc1ccc(Br)cc1Cl)c1ccc(Cl)cc1. The van der Waals surface area contributed by atoms with Crippen LogP contribution < -0.4 is 0 Å². The van der Waals surface area contributed by atoms with Gasteiger partial charge in [-0.2, -0.15) is 0 Å². The predicted octanol–water partition coefficient (Wildman–Crippen LogP) is 4.22. The van der Waals surface area contributed by atoms with Crippen molar-refractivity contribution in [1.82, 2.24) is 0 Å². The van der Waals surface area contributed by atoms with Gasteiger partial charge >= 0.3 is 0 Å². The van der Waals surface area contributed by atoms with E-state index in [4.69, 9.17) is 23.2 Å². The van der Waals surface area contributed by atoms with Gasteiger partial charge in [0.15, 0.2) is 0 Å². The maximum atomic E-state index is 9.86. The third-order valence-electron chi connectivity index (χ3n) is 3.61. The van der Waals surface area contributed by atoms with Gasteiger partial charge in [0, 0.05) is 19.9 Å². The summed E-state index contributed by atoms with van der Waals surface area (Å²) in [6.07, 6.45) is 0.438. The van der Waals surface area contributed by atoms with E-state index in [2.05, 4.69) is 15.9 Å². The van der Waals surface area contributed by atoms with Gasteiger partial charge in [0.2, 0.25) is 0 Å². The molecule has 0 aliphatic carbocycles. The first-order valence-electron chi connectivity index (χ1n) is 6.42. The molecule has 5 heteroatoms. The van der Waals surface area contributed by atoms with E-state index in [1.165, 1.54) is 0 Å². The highest BCUT2D eigenvalue weighted by atomic mass is 79.9. The van der Waals surface area contributed by atoms with E-state index in [-0.39, 0.29) is 13.2 Å². The second-order valence-corrected chi connectivity index (χ2v) is 6.78. The molecule has 2 N–H and O–H groups in total. The summed E-state index contributed by atoms with van der Waals surface area (Å²) in [6.45, 7) is -0.366. The maximum absolute atomic E-state index is 9.86. The molecule has 0 amide bonds. The summed E-state index contributed by atoms with van der Waals surface area (Å²) >= 11 is 15.5. The molecule has 2 aromatic carbocycles. The summed E-state index contributed by atoms with van der Waals surface area (Å²) in [5.41, 5.74) is 0.913. The quantitative estimate of drug-likeness (QED) is 0.803. The highest BCUT2D eigenvalue weighted by Gasteiger charge is 2.32. The fraction of sp³-hybridized carbons (Fsp3) is 0.250. The van der Waals surface area contributed by atoms with Crippen LogP contribution in [0.25, 0.3) is 0 Å². The van der Waals surface area contributed by atoms with Crippen molar-refractivity contribution in [2.75, 3.05) is 13.2 Å². The monoisotopic (exact) mass is 388 g/mol. The van der Waals surface area contributed by atoms with Crippen molar-refractivity contribution in [3.8, 4) is 0 Å². The van der Waals surface area contributed by atoms with E-state index in [0.29, 0.717) is 16.5 Å². The molecule has 0 radical (unpaired) electrons. The van der Waals surface area contributed by atoms with Crippen molar-refractivity contribution in [2.45, 2.75) is 11.8 Å². The Labute approximate surface area is 142 Å². The zero-order chi connectivity index (χ0) is 15.5. The van der Waals surface area contributed by atoms with Gasteiger partial charge in [-0.25, -0.2) is 0 Å². The Balaban J connectivity index is 2.40. The van der Waals surface area contributed by atoms with Crippen LogP contribution in [0.5, 0.6) is 0 Å². The van der Waals surface area contributed by atoms with Gasteiger partial charge < -0.3 is 10.2 Å². The Morgan fingerprint density at radius 3 is 2.10 bits per heavy atom. The normalized spacial score (nSPS) is 11.7. The van der Waals surface area contributed by atoms with Crippen LogP contribution in [0, 0.1) is 0 Å². The zero-order valence-corrected chi connectivity index (χ0v) is 14.3. The van der Waals surface area contributed by atoms with Crippen molar-refractivity contribution in [3.05, 3.63) is 68.1 Å². The molecule has 2 aromatic rings. The highest BCUT2D eigenvalue weighted by Crippen LogP contribution is 2.32. The molecular formula is C16H15BrCl2O2. The van der Waals surface area contributed by atoms with Crippen LogP contribution in [0.4, 0.5) is 0 Å². The van der Waals surface area contributed by atoms with Crippen molar-refractivity contribution in [1.29, 1.82) is 0 Å². The number of halogens is 3. The molecule has 2 nitrogen and oxygen atoms in total. The fourth-order valence-corrected chi connectivity index (χ4v) is 3.15. The molecule has 0 unspecified atom stereocenters. The predicted molar refractivity (Wildman–Crippen MR) is 90.2 cm³/mol. The number of aliphatic hydroxyl groups is 2. The van der Waals surface area contributed by atoms with Crippen LogP contribution in [-0.2, 0) is 11.8 Å². The molecule has 21 heavy (non-hydrogen) atoms. The minimum atomic E-state index is -0.790. The van der Waals surface area contributed by atoms with Crippen molar-refractivity contribution in [2.24, 2.45) is 0 Å². The molecule has 0 saturated carbocycles. The van der Waals surface area contributed by atoms with E-state index in [1.54, 1.807) is 18.2 Å². The Morgan fingerprint density at radius 1 is 0.952 bits per heavy atom. The standard InChI is InChI=1S/C16H15BrCl2O2/c17-13-4-1-11(15(19)7-13)8-16(9-20,10-21)12-2-5-14(18)6-3-12/h1-7,20-21H,8-10H2. The van der Waals surface area contributed by atoms with Gasteiger partial charge in [0.1, 0.15) is 0 Å². The van der Waals surface area contributed by atoms with E-state index < -0.39 is 5.41 Å². The second kappa shape index (κ2) is 7.12. The van der Waals surface area contributed by atoms with Crippen molar-refractivity contribution >= 4 is 39.1 Å². The highest BCUT2D eigenvalue weighted by molar-refractivity contribution is 9.10. The minimum Gasteiger partial charge on any atom is -0.395 e. The minimum absolute atomic E-state index is 0.183. The van der Waals surface area contributed by atoms with Gasteiger partial charge in [0.05, 0.1) is 13.2 Å². The summed E-state index contributed by atoms with van der Waals surface area (Å²) in [6, 6.07) is 12.7. The van der Waals surface area contributed by atoms with Crippen LogP contribution in [0.15, 0.2) is 46.9 Å². The molecule has 0 atom stereocenters. The fourth-order valence-electron chi connectivity index (χ4n) is 2.28. The molecule has 0 aliphatic rings. The first-order valence-corrected chi connectivity index (χ1v) is 7.97. The van der Waals surface area contributed by atoms with Crippen LogP contribution in [-0.4, -0.2) is 23.4 Å². The van der Waals surface area contributed by atoms with Crippen LogP contribution in [0.3, 0.4) is 0 Å². The summed E-state index contributed by atoms with van der Waals surface area (Å²) in [5, 5.41) is 20.9. The van der Waals surface area contributed by atoms with Gasteiger partial charge in [-0.3, -0.25) is 0 Å². The number of benzene rings is 2. The lowest BCUT2D eigenvalue weighted by Gasteiger charge is -2.31. The zero-order valence-electron chi connectivity index (χ0n) is 11.2. The number of hydrogen-bond donors (Lipinski definition) is 2. The number of hydrogen-bond acceptors (Lipinski definition) is 2. The average molecular weight is 390 g/mol. The summed E-state index contributed by atoms with van der Waals surface area (Å²) in [7, 11) is 0. The molecule has 0 fully saturated rings. The third-order valence-corrected chi connectivity index (χ3v) is 4.70. The van der Waals surface area contributed by atoms with Crippen LogP contribution >= 0.6 is 39.1 Å². The lowest BCUT2D eigenvalue weighted by molar-refractivity contribution is 0.116. The number of aliphatic hydroxyl groups excluding tert-OH is 2. The van der Waals surface area contributed by atoms with Crippen LogP contribution in [0.1, 0.15) is 11.1 Å². The molecule has 0 aliphatic heterocycles. The Bertz CT molecular complexity index is 610. The van der Waals surface area contributed by atoms with E-state index in [9.17, 15) is 10.2 Å². The summed E-state index contributed by atoms with van der Waals surface area (Å²) in [5.74, 6) is 0. The smallest absolute Gasteiger partial charge is 0.0553 e. The van der Waals surface area contributed by atoms with Gasteiger partial charge in [-0.15, -0.1) is 0 Å².